The van der Waals surface area contributed by atoms with Crippen LogP contribution in [0.1, 0.15) is 16.7 Å². The van der Waals surface area contributed by atoms with Crippen molar-refractivity contribution in [2.24, 2.45) is 5.10 Å². The minimum Gasteiger partial charge on any atom is -0.484 e. The molecular weight excluding hydrogens is 335 g/mol. The summed E-state index contributed by atoms with van der Waals surface area (Å²) in [6, 6.07) is 10.8. The van der Waals surface area contributed by atoms with Gasteiger partial charge in [-0.05, 0) is 43.2 Å². The molecule has 0 aromatic heterocycles. The van der Waals surface area contributed by atoms with Crippen LogP contribution in [0.2, 0.25) is 10.0 Å². The zero-order valence-electron chi connectivity index (χ0n) is 12.8. The molecule has 2 rings (SSSR count). The number of halogens is 2. The van der Waals surface area contributed by atoms with Crippen molar-refractivity contribution in [2.75, 3.05) is 6.61 Å². The Morgan fingerprint density at radius 2 is 2.00 bits per heavy atom. The minimum absolute atomic E-state index is 0.122. The first-order valence-electron chi connectivity index (χ1n) is 6.93. The summed E-state index contributed by atoms with van der Waals surface area (Å²) in [4.78, 5) is 11.7. The molecule has 0 unspecified atom stereocenters. The van der Waals surface area contributed by atoms with Crippen molar-refractivity contribution in [1.29, 1.82) is 0 Å². The first-order valence-corrected chi connectivity index (χ1v) is 7.69. The van der Waals surface area contributed by atoms with Crippen LogP contribution in [-0.2, 0) is 4.79 Å². The van der Waals surface area contributed by atoms with E-state index in [1.165, 1.54) is 11.8 Å². The van der Waals surface area contributed by atoms with Crippen molar-refractivity contribution in [3.8, 4) is 5.75 Å². The minimum atomic E-state index is -0.363. The van der Waals surface area contributed by atoms with E-state index in [2.05, 4.69) is 10.5 Å². The lowest BCUT2D eigenvalue weighted by Gasteiger charge is -2.07. The second-order valence-electron chi connectivity index (χ2n) is 4.97. The summed E-state index contributed by atoms with van der Waals surface area (Å²) in [6.45, 7) is 3.88. The van der Waals surface area contributed by atoms with Crippen LogP contribution in [0.5, 0.6) is 5.75 Å². The SMILES string of the molecule is Cc1ccc(OCC(=O)N/N=C/c2cccc(Cl)c2Cl)cc1C. The van der Waals surface area contributed by atoms with Crippen LogP contribution in [0.3, 0.4) is 0 Å². The van der Waals surface area contributed by atoms with Crippen LogP contribution in [-0.4, -0.2) is 18.7 Å². The second-order valence-corrected chi connectivity index (χ2v) is 5.76. The molecule has 2 aromatic carbocycles. The molecule has 23 heavy (non-hydrogen) atoms. The molecule has 0 aliphatic rings. The Bertz CT molecular complexity index is 745. The highest BCUT2D eigenvalue weighted by Crippen LogP contribution is 2.24. The Morgan fingerprint density at radius 1 is 1.22 bits per heavy atom. The van der Waals surface area contributed by atoms with E-state index in [1.54, 1.807) is 18.2 Å². The molecule has 1 amide bonds. The fourth-order valence-corrected chi connectivity index (χ4v) is 2.14. The highest BCUT2D eigenvalue weighted by molar-refractivity contribution is 6.43. The van der Waals surface area contributed by atoms with Crippen LogP contribution in [0, 0.1) is 13.8 Å². The van der Waals surface area contributed by atoms with Crippen molar-refractivity contribution in [3.63, 3.8) is 0 Å². The van der Waals surface area contributed by atoms with Gasteiger partial charge in [0.05, 0.1) is 16.3 Å². The number of amides is 1. The van der Waals surface area contributed by atoms with Gasteiger partial charge in [0.25, 0.3) is 5.91 Å². The summed E-state index contributed by atoms with van der Waals surface area (Å²) in [6.07, 6.45) is 1.43. The smallest absolute Gasteiger partial charge is 0.277 e. The fourth-order valence-electron chi connectivity index (χ4n) is 1.78. The van der Waals surface area contributed by atoms with E-state index < -0.39 is 0 Å². The van der Waals surface area contributed by atoms with Gasteiger partial charge in [-0.15, -0.1) is 0 Å². The molecule has 0 fully saturated rings. The third kappa shape index (κ3) is 4.98. The van der Waals surface area contributed by atoms with Gasteiger partial charge in [0.15, 0.2) is 6.61 Å². The molecular formula is C17H16Cl2N2O2. The lowest BCUT2D eigenvalue weighted by molar-refractivity contribution is -0.123. The molecule has 0 aliphatic heterocycles. The number of carbonyl (C=O) groups excluding carboxylic acids is 1. The molecule has 0 radical (unpaired) electrons. The molecule has 0 saturated heterocycles. The number of carbonyl (C=O) groups is 1. The quantitative estimate of drug-likeness (QED) is 0.650. The van der Waals surface area contributed by atoms with Gasteiger partial charge in [-0.1, -0.05) is 41.4 Å². The summed E-state index contributed by atoms with van der Waals surface area (Å²) in [7, 11) is 0. The molecule has 0 bridgehead atoms. The average Bonchev–Trinajstić information content (AvgIpc) is 2.52. The van der Waals surface area contributed by atoms with Gasteiger partial charge in [-0.3, -0.25) is 4.79 Å². The van der Waals surface area contributed by atoms with Crippen molar-refractivity contribution < 1.29 is 9.53 Å². The van der Waals surface area contributed by atoms with Crippen molar-refractivity contribution >= 4 is 35.3 Å². The lowest BCUT2D eigenvalue weighted by Crippen LogP contribution is -2.24. The van der Waals surface area contributed by atoms with Crippen molar-refractivity contribution in [1.82, 2.24) is 5.43 Å². The van der Waals surface area contributed by atoms with Crippen molar-refractivity contribution in [3.05, 3.63) is 63.1 Å². The zero-order valence-corrected chi connectivity index (χ0v) is 14.3. The van der Waals surface area contributed by atoms with Gasteiger partial charge in [-0.25, -0.2) is 5.43 Å². The van der Waals surface area contributed by atoms with Gasteiger partial charge < -0.3 is 4.74 Å². The zero-order chi connectivity index (χ0) is 16.8. The molecule has 0 heterocycles. The number of rotatable bonds is 5. The summed E-state index contributed by atoms with van der Waals surface area (Å²) in [5, 5.41) is 4.66. The molecule has 120 valence electrons. The number of ether oxygens (including phenoxy) is 1. The monoisotopic (exact) mass is 350 g/mol. The molecule has 0 atom stereocenters. The van der Waals surface area contributed by atoms with E-state index in [0.717, 1.165) is 5.56 Å². The predicted octanol–water partition coefficient (Wildman–Crippen LogP) is 4.14. The van der Waals surface area contributed by atoms with E-state index in [1.807, 2.05) is 32.0 Å². The van der Waals surface area contributed by atoms with Gasteiger partial charge in [0, 0.05) is 5.56 Å². The molecule has 1 N–H and O–H groups in total. The van der Waals surface area contributed by atoms with Gasteiger partial charge in [-0.2, -0.15) is 5.10 Å². The van der Waals surface area contributed by atoms with Gasteiger partial charge >= 0.3 is 0 Å². The van der Waals surface area contributed by atoms with E-state index in [9.17, 15) is 4.79 Å². The summed E-state index contributed by atoms with van der Waals surface area (Å²) >= 11 is 11.9. The van der Waals surface area contributed by atoms with Crippen molar-refractivity contribution in [2.45, 2.75) is 13.8 Å². The Balaban J connectivity index is 1.86. The van der Waals surface area contributed by atoms with Crippen LogP contribution in [0.25, 0.3) is 0 Å². The molecule has 2 aromatic rings. The number of hydrogen-bond acceptors (Lipinski definition) is 3. The second kappa shape index (κ2) is 7.99. The number of hydrazone groups is 1. The summed E-state index contributed by atoms with van der Waals surface area (Å²) in [5.74, 6) is 0.280. The fraction of sp³-hybridized carbons (Fsp3) is 0.176. The van der Waals surface area contributed by atoms with Crippen LogP contribution in [0.15, 0.2) is 41.5 Å². The first kappa shape index (κ1) is 17.3. The summed E-state index contributed by atoms with van der Waals surface area (Å²) < 4.78 is 5.42. The Morgan fingerprint density at radius 3 is 2.74 bits per heavy atom. The number of aryl methyl sites for hydroxylation is 2. The topological polar surface area (TPSA) is 50.7 Å². The maximum atomic E-state index is 11.7. The normalized spacial score (nSPS) is 10.8. The van der Waals surface area contributed by atoms with E-state index in [4.69, 9.17) is 27.9 Å². The van der Waals surface area contributed by atoms with Crippen LogP contribution < -0.4 is 10.2 Å². The predicted molar refractivity (Wildman–Crippen MR) is 93.6 cm³/mol. The molecule has 4 nitrogen and oxygen atoms in total. The van der Waals surface area contributed by atoms with E-state index >= 15 is 0 Å². The number of benzene rings is 2. The van der Waals surface area contributed by atoms with Crippen LogP contribution in [0.4, 0.5) is 0 Å². The van der Waals surface area contributed by atoms with E-state index in [-0.39, 0.29) is 12.5 Å². The Hall–Kier alpha value is -2.04. The number of hydrogen-bond donors (Lipinski definition) is 1. The lowest BCUT2D eigenvalue weighted by atomic mass is 10.1. The third-order valence-corrected chi connectivity index (χ3v) is 4.06. The number of nitrogens with one attached hydrogen (secondary N) is 1. The van der Waals surface area contributed by atoms with Gasteiger partial charge in [0.1, 0.15) is 5.75 Å². The average molecular weight is 351 g/mol. The van der Waals surface area contributed by atoms with Crippen LogP contribution >= 0.6 is 23.2 Å². The number of nitrogens with zero attached hydrogens (tertiary/aromatic N) is 1. The summed E-state index contributed by atoms with van der Waals surface area (Å²) in [5.41, 5.74) is 5.28. The molecule has 0 saturated carbocycles. The highest BCUT2D eigenvalue weighted by atomic mass is 35.5. The highest BCUT2D eigenvalue weighted by Gasteiger charge is 2.04. The molecule has 0 spiro atoms. The third-order valence-electron chi connectivity index (χ3n) is 3.22. The molecule has 0 aliphatic carbocycles. The first-order chi connectivity index (χ1) is 11.0. The molecule has 6 heteroatoms. The van der Waals surface area contributed by atoms with E-state index in [0.29, 0.717) is 21.4 Å². The standard InChI is InChI=1S/C17H16Cl2N2O2/c1-11-6-7-14(8-12(11)2)23-10-16(22)21-20-9-13-4-3-5-15(18)17(13)19/h3-9H,10H2,1-2H3,(H,21,22)/b20-9+. The Labute approximate surface area is 145 Å². The maximum absolute atomic E-state index is 11.7. The largest absolute Gasteiger partial charge is 0.484 e. The maximum Gasteiger partial charge on any atom is 0.277 e. The van der Waals surface area contributed by atoms with Gasteiger partial charge in [0.2, 0.25) is 0 Å². The Kier molecular flexibility index (Phi) is 6.02.